The number of Topliss-reactive ketones (excluding diaryl/α,β-unsaturated/α-hetero) is 1. The number of aryl methyl sites for hydroxylation is 2. The van der Waals surface area contributed by atoms with E-state index in [-0.39, 0.29) is 25.5 Å². The lowest BCUT2D eigenvalue weighted by molar-refractivity contribution is -0.118. The van der Waals surface area contributed by atoms with Gasteiger partial charge >= 0.3 is 0 Å². The largest absolute Gasteiger partial charge is 0.399 e. The maximum atomic E-state index is 12.3. The molecule has 0 saturated heterocycles. The molecule has 0 atom stereocenters. The van der Waals surface area contributed by atoms with Gasteiger partial charge in [-0.25, -0.2) is 0 Å². The standard InChI is InChI=1S/C25H27N7O2S2.CH4/c26-18-9-5-16(6-10-18)13-20(33)15-24-31-29-22(35-24)3-1-2-4-23-30-32-25(36-23)28-21(34)14-17-7-11-19(27)12-8-17;/h5-12H,1-4,13-15,26-27H2,(H,28,32,34);1H4. The summed E-state index contributed by atoms with van der Waals surface area (Å²) in [6, 6.07) is 14.6. The molecule has 0 spiro atoms. The van der Waals surface area contributed by atoms with Crippen LogP contribution in [0.3, 0.4) is 0 Å². The third kappa shape index (κ3) is 9.03. The zero-order valence-corrected chi connectivity index (χ0v) is 21.3. The summed E-state index contributed by atoms with van der Waals surface area (Å²) in [4.78, 5) is 24.6. The quantitative estimate of drug-likeness (QED) is 0.179. The molecule has 37 heavy (non-hydrogen) atoms. The number of anilines is 3. The second kappa shape index (κ2) is 13.6. The Morgan fingerprint density at radius 3 is 1.81 bits per heavy atom. The number of carbonyl (C=O) groups excluding carboxylic acids is 2. The highest BCUT2D eigenvalue weighted by Crippen LogP contribution is 2.19. The molecule has 2 heterocycles. The van der Waals surface area contributed by atoms with Crippen LogP contribution in [-0.4, -0.2) is 32.1 Å². The first-order valence-electron chi connectivity index (χ1n) is 11.6. The minimum absolute atomic E-state index is 0. The van der Waals surface area contributed by atoms with Crippen molar-refractivity contribution < 1.29 is 9.59 Å². The number of nitrogens with one attached hydrogen (secondary N) is 1. The van der Waals surface area contributed by atoms with E-state index in [1.165, 1.54) is 22.7 Å². The number of benzene rings is 2. The van der Waals surface area contributed by atoms with Crippen molar-refractivity contribution in [3.8, 4) is 0 Å². The van der Waals surface area contributed by atoms with Crippen molar-refractivity contribution in [3.05, 3.63) is 74.7 Å². The van der Waals surface area contributed by atoms with Crippen LogP contribution in [0.2, 0.25) is 0 Å². The van der Waals surface area contributed by atoms with E-state index in [2.05, 4.69) is 25.7 Å². The molecule has 0 fully saturated rings. The number of nitrogen functional groups attached to an aromatic ring is 2. The van der Waals surface area contributed by atoms with Crippen LogP contribution < -0.4 is 16.8 Å². The van der Waals surface area contributed by atoms with Crippen LogP contribution >= 0.6 is 22.7 Å². The topological polar surface area (TPSA) is 150 Å². The summed E-state index contributed by atoms with van der Waals surface area (Å²) in [5, 5.41) is 22.5. The molecule has 4 rings (SSSR count). The predicted octanol–water partition coefficient (Wildman–Crippen LogP) is 4.29. The minimum atomic E-state index is -0.138. The van der Waals surface area contributed by atoms with Crippen LogP contribution in [-0.2, 0) is 41.7 Å². The number of hydrogen-bond donors (Lipinski definition) is 3. The fraction of sp³-hybridized carbons (Fsp3) is 0.308. The van der Waals surface area contributed by atoms with Gasteiger partial charge in [0, 0.05) is 30.6 Å². The third-order valence-corrected chi connectivity index (χ3v) is 7.21. The predicted molar refractivity (Wildman–Crippen MR) is 150 cm³/mol. The molecule has 0 radical (unpaired) electrons. The molecule has 0 bridgehead atoms. The van der Waals surface area contributed by atoms with E-state index < -0.39 is 0 Å². The Kier molecular flexibility index (Phi) is 10.2. The molecular formula is C26H31N7O2S2. The van der Waals surface area contributed by atoms with Crippen LogP contribution in [0, 0.1) is 0 Å². The molecule has 5 N–H and O–H groups in total. The van der Waals surface area contributed by atoms with E-state index in [1.807, 2.05) is 24.3 Å². The summed E-state index contributed by atoms with van der Waals surface area (Å²) < 4.78 is 0. The first kappa shape index (κ1) is 27.9. The molecule has 2 aromatic heterocycles. The number of nitrogens with two attached hydrogens (primary N) is 2. The van der Waals surface area contributed by atoms with Gasteiger partial charge in [-0.05, 0) is 48.2 Å². The highest BCUT2D eigenvalue weighted by Gasteiger charge is 2.12. The van der Waals surface area contributed by atoms with E-state index in [4.69, 9.17) is 11.5 Å². The number of unbranched alkanes of at least 4 members (excludes halogenated alkanes) is 1. The fourth-order valence-corrected chi connectivity index (χ4v) is 5.21. The van der Waals surface area contributed by atoms with Crippen molar-refractivity contribution in [2.45, 2.75) is 52.4 Å². The second-order valence-corrected chi connectivity index (χ2v) is 10.6. The van der Waals surface area contributed by atoms with Crippen LogP contribution in [0.1, 0.15) is 46.4 Å². The average molecular weight is 538 g/mol. The van der Waals surface area contributed by atoms with Gasteiger partial charge in [0.2, 0.25) is 11.0 Å². The Morgan fingerprint density at radius 1 is 0.676 bits per heavy atom. The Labute approximate surface area is 224 Å². The molecule has 0 aliphatic rings. The molecule has 0 aliphatic carbocycles. The highest BCUT2D eigenvalue weighted by molar-refractivity contribution is 7.15. The molecule has 11 heteroatoms. The summed E-state index contributed by atoms with van der Waals surface area (Å²) in [6.07, 6.45) is 4.32. The minimum Gasteiger partial charge on any atom is -0.399 e. The van der Waals surface area contributed by atoms with Gasteiger partial charge in [-0.1, -0.05) is 43.0 Å². The highest BCUT2D eigenvalue weighted by atomic mass is 32.1. The van der Waals surface area contributed by atoms with Gasteiger partial charge in [0.25, 0.3) is 0 Å². The van der Waals surface area contributed by atoms with Crippen LogP contribution in [0.15, 0.2) is 48.5 Å². The number of carbonyl (C=O) groups is 2. The van der Waals surface area contributed by atoms with E-state index >= 15 is 0 Å². The van der Waals surface area contributed by atoms with Crippen molar-refractivity contribution in [2.24, 2.45) is 0 Å². The van der Waals surface area contributed by atoms with Crippen molar-refractivity contribution in [3.63, 3.8) is 0 Å². The summed E-state index contributed by atoms with van der Waals surface area (Å²) in [7, 11) is 0. The van der Waals surface area contributed by atoms with Crippen LogP contribution in [0.5, 0.6) is 0 Å². The summed E-state index contributed by atoms with van der Waals surface area (Å²) >= 11 is 2.88. The van der Waals surface area contributed by atoms with Crippen molar-refractivity contribution in [2.75, 3.05) is 16.8 Å². The van der Waals surface area contributed by atoms with Crippen molar-refractivity contribution in [1.82, 2.24) is 20.4 Å². The summed E-state index contributed by atoms with van der Waals surface area (Å²) in [6.45, 7) is 0. The molecule has 0 aliphatic heterocycles. The molecule has 4 aromatic rings. The molecule has 0 saturated carbocycles. The lowest BCUT2D eigenvalue weighted by atomic mass is 10.1. The number of aromatic nitrogens is 4. The van der Waals surface area contributed by atoms with Crippen molar-refractivity contribution in [1.29, 1.82) is 0 Å². The maximum Gasteiger partial charge on any atom is 0.230 e. The number of nitrogens with zero attached hydrogens (tertiary/aromatic N) is 4. The first-order valence-corrected chi connectivity index (χ1v) is 13.2. The fourth-order valence-electron chi connectivity index (χ4n) is 3.50. The zero-order chi connectivity index (χ0) is 25.3. The number of amides is 1. The number of ketones is 1. The third-order valence-electron chi connectivity index (χ3n) is 5.33. The van der Waals surface area contributed by atoms with Gasteiger partial charge in [0.15, 0.2) is 0 Å². The van der Waals surface area contributed by atoms with E-state index in [0.29, 0.717) is 29.3 Å². The van der Waals surface area contributed by atoms with E-state index in [9.17, 15) is 9.59 Å². The summed E-state index contributed by atoms with van der Waals surface area (Å²) in [5.41, 5.74) is 14.5. The van der Waals surface area contributed by atoms with Gasteiger partial charge in [-0.3, -0.25) is 9.59 Å². The SMILES string of the molecule is C.Nc1ccc(CC(=O)Cc2nnc(CCCCc3nnc(NC(=O)Cc4ccc(N)cc4)s3)s2)cc1. The van der Waals surface area contributed by atoms with Gasteiger partial charge < -0.3 is 16.8 Å². The normalized spacial score (nSPS) is 10.6. The number of hydrogen-bond acceptors (Lipinski definition) is 10. The average Bonchev–Trinajstić information content (AvgIpc) is 3.49. The molecule has 0 unspecified atom stereocenters. The smallest absolute Gasteiger partial charge is 0.230 e. The van der Waals surface area contributed by atoms with Gasteiger partial charge in [0.05, 0.1) is 12.8 Å². The number of rotatable bonds is 12. The Bertz CT molecular complexity index is 1200. The Morgan fingerprint density at radius 2 is 1.19 bits per heavy atom. The molecule has 2 aromatic carbocycles. The Balaban J connectivity index is 0.00000380. The lowest BCUT2D eigenvalue weighted by Crippen LogP contribution is -2.14. The summed E-state index contributed by atoms with van der Waals surface area (Å²) in [5.74, 6) is -0.0309. The van der Waals surface area contributed by atoms with Gasteiger partial charge in [0.1, 0.15) is 20.8 Å². The van der Waals surface area contributed by atoms with E-state index in [0.717, 1.165) is 51.8 Å². The maximum absolute atomic E-state index is 12.3. The molecule has 194 valence electrons. The molecule has 1 amide bonds. The van der Waals surface area contributed by atoms with Gasteiger partial charge in [-0.15, -0.1) is 31.7 Å². The lowest BCUT2D eigenvalue weighted by Gasteiger charge is -2.02. The Hall–Kier alpha value is -3.70. The van der Waals surface area contributed by atoms with Crippen LogP contribution in [0.4, 0.5) is 16.5 Å². The van der Waals surface area contributed by atoms with E-state index in [1.54, 1.807) is 24.3 Å². The zero-order valence-electron chi connectivity index (χ0n) is 19.6. The molecule has 9 nitrogen and oxygen atoms in total. The van der Waals surface area contributed by atoms with Gasteiger partial charge in [-0.2, -0.15) is 0 Å². The van der Waals surface area contributed by atoms with Crippen molar-refractivity contribution >= 4 is 50.9 Å². The van der Waals surface area contributed by atoms with Crippen LogP contribution in [0.25, 0.3) is 0 Å². The molecular weight excluding hydrogens is 506 g/mol. The second-order valence-electron chi connectivity index (χ2n) is 8.40. The monoisotopic (exact) mass is 537 g/mol. The first-order chi connectivity index (χ1) is 17.4.